The van der Waals surface area contributed by atoms with Crippen molar-refractivity contribution in [2.45, 2.75) is 39.5 Å². The molecule has 1 aliphatic heterocycles. The van der Waals surface area contributed by atoms with Crippen molar-refractivity contribution in [3.05, 3.63) is 55.2 Å². The number of nitrogens with one attached hydrogen (secondary N) is 1. The van der Waals surface area contributed by atoms with Crippen LogP contribution in [0.1, 0.15) is 46.5 Å². The van der Waals surface area contributed by atoms with Gasteiger partial charge in [0, 0.05) is 4.88 Å². The van der Waals surface area contributed by atoms with Crippen molar-refractivity contribution >= 4 is 27.3 Å². The van der Waals surface area contributed by atoms with Crippen molar-refractivity contribution in [2.24, 2.45) is 0 Å². The Hall–Kier alpha value is -0.680. The Bertz CT molecular complexity index is 638. The molecule has 1 atom stereocenters. The van der Waals surface area contributed by atoms with Gasteiger partial charge in [-0.2, -0.15) is 0 Å². The second kappa shape index (κ2) is 6.61. The van der Waals surface area contributed by atoms with Gasteiger partial charge in [0.15, 0.2) is 0 Å². The van der Waals surface area contributed by atoms with E-state index < -0.39 is 0 Å². The van der Waals surface area contributed by atoms with E-state index in [1.165, 1.54) is 30.9 Å². The molecular formula is C17H20BrNOS. The number of ether oxygens (including phenoxy) is 1. The van der Waals surface area contributed by atoms with Gasteiger partial charge in [-0.15, -0.1) is 11.3 Å². The third-order valence-electron chi connectivity index (χ3n) is 3.91. The summed E-state index contributed by atoms with van der Waals surface area (Å²) < 4.78 is 6.74. The number of rotatable bonds is 5. The van der Waals surface area contributed by atoms with E-state index in [2.05, 4.69) is 59.4 Å². The van der Waals surface area contributed by atoms with E-state index >= 15 is 0 Å². The molecule has 0 radical (unpaired) electrons. The van der Waals surface area contributed by atoms with Gasteiger partial charge in [-0.3, -0.25) is 0 Å². The highest BCUT2D eigenvalue weighted by molar-refractivity contribution is 9.11. The topological polar surface area (TPSA) is 21.3 Å². The molecule has 0 spiro atoms. The Morgan fingerprint density at radius 1 is 1.29 bits per heavy atom. The van der Waals surface area contributed by atoms with Crippen LogP contribution < -0.4 is 5.32 Å². The second-order valence-electron chi connectivity index (χ2n) is 5.47. The number of benzene rings is 1. The van der Waals surface area contributed by atoms with Gasteiger partial charge in [0.05, 0.1) is 23.0 Å². The molecule has 0 bridgehead atoms. The normalized spacial score (nSPS) is 15.2. The maximum atomic E-state index is 5.54. The van der Waals surface area contributed by atoms with Crippen molar-refractivity contribution in [3.8, 4) is 0 Å². The zero-order valence-electron chi connectivity index (χ0n) is 12.4. The van der Waals surface area contributed by atoms with E-state index in [0.717, 1.165) is 26.2 Å². The molecule has 4 heteroatoms. The first-order valence-corrected chi connectivity index (χ1v) is 8.98. The first kappa shape index (κ1) is 15.2. The quantitative estimate of drug-likeness (QED) is 0.810. The molecule has 21 heavy (non-hydrogen) atoms. The highest BCUT2D eigenvalue weighted by Gasteiger charge is 2.20. The first-order chi connectivity index (χ1) is 10.2. The molecule has 0 fully saturated rings. The number of halogens is 1. The Morgan fingerprint density at radius 3 is 2.81 bits per heavy atom. The van der Waals surface area contributed by atoms with Crippen LogP contribution in [-0.4, -0.2) is 6.54 Å². The fourth-order valence-electron chi connectivity index (χ4n) is 2.81. The van der Waals surface area contributed by atoms with E-state index in [4.69, 9.17) is 4.74 Å². The van der Waals surface area contributed by atoms with E-state index in [1.54, 1.807) is 11.3 Å². The summed E-state index contributed by atoms with van der Waals surface area (Å²) in [4.78, 5) is 1.37. The maximum Gasteiger partial charge on any atom is 0.0725 e. The average Bonchev–Trinajstić information content (AvgIpc) is 3.05. The summed E-state index contributed by atoms with van der Waals surface area (Å²) in [6, 6.07) is 9.27. The molecule has 0 saturated heterocycles. The van der Waals surface area contributed by atoms with Crippen molar-refractivity contribution in [3.63, 3.8) is 0 Å². The smallest absolute Gasteiger partial charge is 0.0725 e. The van der Waals surface area contributed by atoms with Crippen molar-refractivity contribution in [2.75, 3.05) is 6.54 Å². The molecule has 1 aromatic heterocycles. The summed E-state index contributed by atoms with van der Waals surface area (Å²) in [5.74, 6) is 0. The summed E-state index contributed by atoms with van der Waals surface area (Å²) in [6.45, 7) is 6.92. The van der Waals surface area contributed by atoms with Crippen LogP contribution in [-0.2, 0) is 18.0 Å². The van der Waals surface area contributed by atoms with Gasteiger partial charge < -0.3 is 10.1 Å². The Labute approximate surface area is 138 Å². The van der Waals surface area contributed by atoms with Gasteiger partial charge in [0.1, 0.15) is 0 Å². The molecule has 0 amide bonds. The third kappa shape index (κ3) is 3.24. The SMILES string of the molecule is CCCNC(c1ccc2c(c1)COC2)c1cc(Br)sc1C. The summed E-state index contributed by atoms with van der Waals surface area (Å²) in [6.07, 6.45) is 1.13. The van der Waals surface area contributed by atoms with Crippen molar-refractivity contribution < 1.29 is 4.74 Å². The van der Waals surface area contributed by atoms with E-state index in [9.17, 15) is 0 Å². The van der Waals surface area contributed by atoms with Gasteiger partial charge in [-0.05, 0) is 64.1 Å². The van der Waals surface area contributed by atoms with E-state index in [0.29, 0.717) is 0 Å². The van der Waals surface area contributed by atoms with Crippen LogP contribution in [0.25, 0.3) is 0 Å². The van der Waals surface area contributed by atoms with Crippen LogP contribution in [0.4, 0.5) is 0 Å². The lowest BCUT2D eigenvalue weighted by Gasteiger charge is -2.20. The lowest BCUT2D eigenvalue weighted by Crippen LogP contribution is -2.23. The predicted octanol–water partition coefficient (Wildman–Crippen LogP) is 4.94. The van der Waals surface area contributed by atoms with E-state index in [1.807, 2.05) is 0 Å². The van der Waals surface area contributed by atoms with Crippen LogP contribution >= 0.6 is 27.3 Å². The number of thiophene rings is 1. The Morgan fingerprint density at radius 2 is 2.10 bits per heavy atom. The fourth-order valence-corrected chi connectivity index (χ4v) is 4.56. The van der Waals surface area contributed by atoms with Gasteiger partial charge in [-0.25, -0.2) is 0 Å². The summed E-state index contributed by atoms with van der Waals surface area (Å²) in [7, 11) is 0. The molecule has 0 aliphatic carbocycles. The van der Waals surface area contributed by atoms with Crippen LogP contribution in [0.3, 0.4) is 0 Å². The van der Waals surface area contributed by atoms with Crippen LogP contribution in [0.15, 0.2) is 28.1 Å². The third-order valence-corrected chi connectivity index (χ3v) is 5.48. The Balaban J connectivity index is 1.97. The molecule has 1 aromatic carbocycles. The summed E-state index contributed by atoms with van der Waals surface area (Å²) >= 11 is 5.42. The van der Waals surface area contributed by atoms with E-state index in [-0.39, 0.29) is 6.04 Å². The fraction of sp³-hybridized carbons (Fsp3) is 0.412. The lowest BCUT2D eigenvalue weighted by molar-refractivity contribution is 0.134. The molecule has 2 nitrogen and oxygen atoms in total. The summed E-state index contributed by atoms with van der Waals surface area (Å²) in [5, 5.41) is 3.69. The standard InChI is InChI=1S/C17H20BrNOS/c1-3-6-19-17(15-8-16(18)21-11(15)2)12-4-5-13-9-20-10-14(13)7-12/h4-5,7-8,17,19H,3,6,9-10H2,1-2H3. The van der Waals surface area contributed by atoms with Crippen LogP contribution in [0, 0.1) is 6.92 Å². The molecule has 0 saturated carbocycles. The van der Waals surface area contributed by atoms with Gasteiger partial charge in [-0.1, -0.05) is 25.1 Å². The van der Waals surface area contributed by atoms with Crippen molar-refractivity contribution in [1.82, 2.24) is 5.32 Å². The number of fused-ring (bicyclic) bond motifs is 1. The number of aryl methyl sites for hydroxylation is 1. The molecule has 1 N–H and O–H groups in total. The minimum absolute atomic E-state index is 0.262. The van der Waals surface area contributed by atoms with Crippen molar-refractivity contribution in [1.29, 1.82) is 0 Å². The number of hydrogen-bond donors (Lipinski definition) is 1. The predicted molar refractivity (Wildman–Crippen MR) is 91.8 cm³/mol. The molecule has 2 aromatic rings. The summed E-state index contributed by atoms with van der Waals surface area (Å²) in [5.41, 5.74) is 5.37. The maximum absolute atomic E-state index is 5.54. The largest absolute Gasteiger partial charge is 0.372 e. The van der Waals surface area contributed by atoms with Gasteiger partial charge >= 0.3 is 0 Å². The van der Waals surface area contributed by atoms with Gasteiger partial charge in [0.25, 0.3) is 0 Å². The van der Waals surface area contributed by atoms with Crippen LogP contribution in [0.5, 0.6) is 0 Å². The molecule has 3 rings (SSSR count). The molecule has 2 heterocycles. The van der Waals surface area contributed by atoms with Crippen LogP contribution in [0.2, 0.25) is 0 Å². The molecule has 112 valence electrons. The number of hydrogen-bond acceptors (Lipinski definition) is 3. The molecule has 1 unspecified atom stereocenters. The minimum atomic E-state index is 0.262. The van der Waals surface area contributed by atoms with Gasteiger partial charge in [0.2, 0.25) is 0 Å². The Kier molecular flexibility index (Phi) is 4.79. The lowest BCUT2D eigenvalue weighted by atomic mass is 9.96. The minimum Gasteiger partial charge on any atom is -0.372 e. The zero-order valence-corrected chi connectivity index (χ0v) is 14.8. The second-order valence-corrected chi connectivity index (χ2v) is 8.11. The zero-order chi connectivity index (χ0) is 14.8. The molecular weight excluding hydrogens is 346 g/mol. The highest BCUT2D eigenvalue weighted by atomic mass is 79.9. The molecule has 1 aliphatic rings. The monoisotopic (exact) mass is 365 g/mol. The first-order valence-electron chi connectivity index (χ1n) is 7.37. The average molecular weight is 366 g/mol. The highest BCUT2D eigenvalue weighted by Crippen LogP contribution is 2.35.